The highest BCUT2D eigenvalue weighted by Crippen LogP contribution is 2.21. The first-order chi connectivity index (χ1) is 11.0. The van der Waals surface area contributed by atoms with Crippen LogP contribution in [0.15, 0.2) is 36.7 Å². The van der Waals surface area contributed by atoms with E-state index in [9.17, 15) is 4.79 Å². The van der Waals surface area contributed by atoms with Gasteiger partial charge in [0.25, 0.3) is 5.91 Å². The van der Waals surface area contributed by atoms with Crippen LogP contribution in [0.5, 0.6) is 0 Å². The quantitative estimate of drug-likeness (QED) is 0.779. The van der Waals surface area contributed by atoms with Gasteiger partial charge in [0.15, 0.2) is 0 Å². The van der Waals surface area contributed by atoms with E-state index >= 15 is 0 Å². The van der Waals surface area contributed by atoms with Crippen molar-refractivity contribution in [1.29, 1.82) is 0 Å². The van der Waals surface area contributed by atoms with Gasteiger partial charge < -0.3 is 10.3 Å². The van der Waals surface area contributed by atoms with Crippen LogP contribution < -0.4 is 5.32 Å². The molecule has 0 atom stereocenters. The summed E-state index contributed by atoms with van der Waals surface area (Å²) in [4.78, 5) is 28.1. The average molecular weight is 307 g/mol. The van der Waals surface area contributed by atoms with Gasteiger partial charge in [-0.15, -0.1) is 0 Å². The summed E-state index contributed by atoms with van der Waals surface area (Å²) in [5.74, 6) is 0.493. The Bertz CT molecular complexity index is 832. The highest BCUT2D eigenvalue weighted by Gasteiger charge is 2.10. The van der Waals surface area contributed by atoms with E-state index in [1.165, 1.54) is 6.20 Å². The Hall–Kier alpha value is -3.02. The number of aryl methyl sites for hydroxylation is 3. The van der Waals surface area contributed by atoms with Crippen LogP contribution in [0.25, 0.3) is 11.4 Å². The second kappa shape index (κ2) is 6.00. The van der Waals surface area contributed by atoms with Gasteiger partial charge in [0, 0.05) is 23.1 Å². The number of rotatable bonds is 3. The lowest BCUT2D eigenvalue weighted by molar-refractivity contribution is 0.102. The van der Waals surface area contributed by atoms with E-state index in [-0.39, 0.29) is 11.6 Å². The summed E-state index contributed by atoms with van der Waals surface area (Å²) in [6, 6.07) is 7.51. The summed E-state index contributed by atoms with van der Waals surface area (Å²) in [6.07, 6.45) is 3.04. The molecule has 2 heterocycles. The van der Waals surface area contributed by atoms with Crippen molar-refractivity contribution < 1.29 is 4.79 Å². The Morgan fingerprint density at radius 2 is 1.96 bits per heavy atom. The Morgan fingerprint density at radius 1 is 1.13 bits per heavy atom. The third kappa shape index (κ3) is 3.26. The molecule has 0 saturated heterocycles. The Labute approximate surface area is 134 Å². The highest BCUT2D eigenvalue weighted by atomic mass is 16.1. The molecule has 1 amide bonds. The monoisotopic (exact) mass is 307 g/mol. The third-order valence-corrected chi connectivity index (χ3v) is 3.54. The zero-order valence-electron chi connectivity index (χ0n) is 13.2. The van der Waals surface area contributed by atoms with E-state index < -0.39 is 0 Å². The van der Waals surface area contributed by atoms with Gasteiger partial charge in [-0.2, -0.15) is 0 Å². The molecule has 2 aromatic heterocycles. The Kier molecular flexibility index (Phi) is 3.89. The maximum atomic E-state index is 12.2. The van der Waals surface area contributed by atoms with Crippen LogP contribution in [0.1, 0.15) is 27.6 Å². The van der Waals surface area contributed by atoms with Gasteiger partial charge in [0.1, 0.15) is 11.5 Å². The normalized spacial score (nSPS) is 10.6. The van der Waals surface area contributed by atoms with Crippen LogP contribution in [0, 0.1) is 20.8 Å². The summed E-state index contributed by atoms with van der Waals surface area (Å²) in [5.41, 5.74) is 4.64. The van der Waals surface area contributed by atoms with Crippen molar-refractivity contribution in [3.05, 3.63) is 59.4 Å². The summed E-state index contributed by atoms with van der Waals surface area (Å²) < 4.78 is 0. The molecule has 0 fully saturated rings. The topological polar surface area (TPSA) is 83.6 Å². The van der Waals surface area contributed by atoms with Crippen molar-refractivity contribution >= 4 is 11.6 Å². The number of hydrogen-bond acceptors (Lipinski definition) is 4. The van der Waals surface area contributed by atoms with Gasteiger partial charge in [-0.1, -0.05) is 12.1 Å². The summed E-state index contributed by atoms with van der Waals surface area (Å²) >= 11 is 0. The van der Waals surface area contributed by atoms with E-state index in [1.54, 1.807) is 6.20 Å². The molecule has 3 rings (SSSR count). The number of aromatic nitrogens is 4. The predicted molar refractivity (Wildman–Crippen MR) is 88.2 cm³/mol. The number of nitrogens with one attached hydrogen (secondary N) is 2. The molecular weight excluding hydrogens is 290 g/mol. The SMILES string of the molecule is Cc1cnc(C(=O)Nc2cccc(-c3nc(C)c(C)[nH]3)c2)cn1. The Morgan fingerprint density at radius 3 is 2.61 bits per heavy atom. The molecule has 3 aromatic rings. The van der Waals surface area contributed by atoms with Gasteiger partial charge in [0.05, 0.1) is 17.6 Å². The van der Waals surface area contributed by atoms with Gasteiger partial charge in [0.2, 0.25) is 0 Å². The van der Waals surface area contributed by atoms with Crippen molar-refractivity contribution in [2.75, 3.05) is 5.32 Å². The van der Waals surface area contributed by atoms with Crippen LogP contribution >= 0.6 is 0 Å². The molecular formula is C17H17N5O. The fourth-order valence-electron chi connectivity index (χ4n) is 2.13. The molecule has 0 aliphatic carbocycles. The number of benzene rings is 1. The van der Waals surface area contributed by atoms with Crippen LogP contribution in [0.3, 0.4) is 0 Å². The van der Waals surface area contributed by atoms with Gasteiger partial charge in [-0.05, 0) is 32.9 Å². The average Bonchev–Trinajstić information content (AvgIpc) is 2.88. The number of anilines is 1. The van der Waals surface area contributed by atoms with Gasteiger partial charge in [-0.25, -0.2) is 9.97 Å². The number of amides is 1. The first-order valence-corrected chi connectivity index (χ1v) is 7.26. The number of nitrogens with zero attached hydrogens (tertiary/aromatic N) is 3. The molecule has 6 nitrogen and oxygen atoms in total. The lowest BCUT2D eigenvalue weighted by Gasteiger charge is -2.06. The number of imidazole rings is 1. The minimum atomic E-state index is -0.290. The van der Waals surface area contributed by atoms with Crippen LogP contribution in [-0.4, -0.2) is 25.8 Å². The van der Waals surface area contributed by atoms with Crippen LogP contribution in [0.4, 0.5) is 5.69 Å². The van der Waals surface area contributed by atoms with Crippen molar-refractivity contribution in [2.24, 2.45) is 0 Å². The Balaban J connectivity index is 1.82. The lowest BCUT2D eigenvalue weighted by Crippen LogP contribution is -2.14. The second-order valence-electron chi connectivity index (χ2n) is 5.37. The molecule has 1 aromatic carbocycles. The second-order valence-corrected chi connectivity index (χ2v) is 5.37. The molecule has 2 N–H and O–H groups in total. The molecule has 0 radical (unpaired) electrons. The van der Waals surface area contributed by atoms with E-state index in [0.29, 0.717) is 5.69 Å². The minimum Gasteiger partial charge on any atom is -0.342 e. The molecule has 23 heavy (non-hydrogen) atoms. The van der Waals surface area contributed by atoms with E-state index in [0.717, 1.165) is 28.5 Å². The lowest BCUT2D eigenvalue weighted by atomic mass is 10.2. The van der Waals surface area contributed by atoms with Crippen LogP contribution in [-0.2, 0) is 0 Å². The predicted octanol–water partition coefficient (Wildman–Crippen LogP) is 3.04. The highest BCUT2D eigenvalue weighted by molar-refractivity contribution is 6.02. The maximum absolute atomic E-state index is 12.2. The smallest absolute Gasteiger partial charge is 0.275 e. The molecule has 0 unspecified atom stereocenters. The maximum Gasteiger partial charge on any atom is 0.275 e. The third-order valence-electron chi connectivity index (χ3n) is 3.54. The zero-order valence-corrected chi connectivity index (χ0v) is 13.2. The number of H-pyrrole nitrogens is 1. The van der Waals surface area contributed by atoms with E-state index in [4.69, 9.17) is 0 Å². The number of hydrogen-bond donors (Lipinski definition) is 2. The fourth-order valence-corrected chi connectivity index (χ4v) is 2.13. The summed E-state index contributed by atoms with van der Waals surface area (Å²) in [7, 11) is 0. The molecule has 0 aliphatic rings. The number of carbonyl (C=O) groups excluding carboxylic acids is 1. The zero-order chi connectivity index (χ0) is 16.4. The molecule has 0 bridgehead atoms. The van der Waals surface area contributed by atoms with Gasteiger partial charge in [-0.3, -0.25) is 9.78 Å². The first-order valence-electron chi connectivity index (χ1n) is 7.26. The largest absolute Gasteiger partial charge is 0.342 e. The van der Waals surface area contributed by atoms with Crippen molar-refractivity contribution in [3.8, 4) is 11.4 Å². The van der Waals surface area contributed by atoms with Crippen LogP contribution in [0.2, 0.25) is 0 Å². The summed E-state index contributed by atoms with van der Waals surface area (Å²) in [5, 5.41) is 2.83. The number of carbonyl (C=O) groups is 1. The van der Waals surface area contributed by atoms with Gasteiger partial charge >= 0.3 is 0 Å². The standard InChI is InChI=1S/C17H17N5O/c1-10-8-19-15(9-18-10)17(23)22-14-6-4-5-13(7-14)16-20-11(2)12(3)21-16/h4-9H,1-3H3,(H,20,21)(H,22,23). The fraction of sp³-hybridized carbons (Fsp3) is 0.176. The molecule has 0 aliphatic heterocycles. The van der Waals surface area contributed by atoms with Crippen molar-refractivity contribution in [1.82, 2.24) is 19.9 Å². The summed E-state index contributed by atoms with van der Waals surface area (Å²) in [6.45, 7) is 5.76. The van der Waals surface area contributed by atoms with Crippen molar-refractivity contribution in [2.45, 2.75) is 20.8 Å². The van der Waals surface area contributed by atoms with E-state index in [1.807, 2.05) is 45.0 Å². The molecule has 0 saturated carbocycles. The molecule has 0 spiro atoms. The van der Waals surface area contributed by atoms with Crippen molar-refractivity contribution in [3.63, 3.8) is 0 Å². The van der Waals surface area contributed by atoms with E-state index in [2.05, 4.69) is 25.3 Å². The number of aromatic amines is 1. The molecule has 116 valence electrons. The minimum absolute atomic E-state index is 0.283. The first kappa shape index (κ1) is 14.9. The molecule has 6 heteroatoms.